The molecule has 82 valence electrons. The van der Waals surface area contributed by atoms with Crippen LogP contribution in [0.4, 0.5) is 0 Å². The summed E-state index contributed by atoms with van der Waals surface area (Å²) in [7, 11) is 1.31. The first-order valence-corrected chi connectivity index (χ1v) is 5.29. The van der Waals surface area contributed by atoms with E-state index in [-0.39, 0.29) is 6.61 Å². The number of aliphatic hydroxyl groups excluding tert-OH is 1. The molecule has 0 aliphatic heterocycles. The normalized spacial score (nSPS) is 14.4. The lowest BCUT2D eigenvalue weighted by Crippen LogP contribution is -2.37. The molecule has 0 radical (unpaired) electrons. The number of carbonyl (C=O) groups excluding carboxylic acids is 1. The Hall–Kier alpha value is -0.870. The van der Waals surface area contributed by atoms with E-state index in [0.29, 0.717) is 0 Å². The number of esters is 1. The molecule has 0 heterocycles. The van der Waals surface area contributed by atoms with Gasteiger partial charge in [-0.05, 0) is 24.6 Å². The van der Waals surface area contributed by atoms with E-state index in [2.05, 4.69) is 20.7 Å². The van der Waals surface area contributed by atoms with Crippen molar-refractivity contribution >= 4 is 21.9 Å². The van der Waals surface area contributed by atoms with E-state index in [1.807, 2.05) is 12.1 Å². The Morgan fingerprint density at radius 2 is 2.27 bits per heavy atom. The molecule has 0 fully saturated rings. The van der Waals surface area contributed by atoms with Crippen molar-refractivity contribution in [3.8, 4) is 0 Å². The lowest BCUT2D eigenvalue weighted by Gasteiger charge is -2.24. The SMILES string of the molecule is COC(=O)C(C)(CO)c1cccc(Br)c1. The van der Waals surface area contributed by atoms with Crippen LogP contribution in [0.3, 0.4) is 0 Å². The minimum Gasteiger partial charge on any atom is -0.468 e. The van der Waals surface area contributed by atoms with Gasteiger partial charge in [0.15, 0.2) is 0 Å². The lowest BCUT2D eigenvalue weighted by atomic mass is 9.83. The molecule has 4 heteroatoms. The first kappa shape index (κ1) is 12.2. The van der Waals surface area contributed by atoms with Gasteiger partial charge in [-0.25, -0.2) is 0 Å². The van der Waals surface area contributed by atoms with Gasteiger partial charge < -0.3 is 9.84 Å². The molecule has 1 aromatic carbocycles. The van der Waals surface area contributed by atoms with Crippen LogP contribution < -0.4 is 0 Å². The third kappa shape index (κ3) is 2.38. The number of carbonyl (C=O) groups is 1. The highest BCUT2D eigenvalue weighted by molar-refractivity contribution is 9.10. The number of ether oxygens (including phenoxy) is 1. The van der Waals surface area contributed by atoms with E-state index in [0.717, 1.165) is 10.0 Å². The third-order valence-electron chi connectivity index (χ3n) is 2.41. The van der Waals surface area contributed by atoms with E-state index >= 15 is 0 Å². The molecule has 0 amide bonds. The van der Waals surface area contributed by atoms with E-state index in [9.17, 15) is 9.90 Å². The lowest BCUT2D eigenvalue weighted by molar-refractivity contribution is -0.148. The molecule has 1 unspecified atom stereocenters. The van der Waals surface area contributed by atoms with Crippen molar-refractivity contribution in [2.24, 2.45) is 0 Å². The molecular formula is C11H13BrO3. The minimum atomic E-state index is -1.00. The zero-order chi connectivity index (χ0) is 11.5. The van der Waals surface area contributed by atoms with Gasteiger partial charge in [0.1, 0.15) is 5.41 Å². The monoisotopic (exact) mass is 272 g/mol. The second kappa shape index (κ2) is 4.77. The van der Waals surface area contributed by atoms with E-state index < -0.39 is 11.4 Å². The van der Waals surface area contributed by atoms with Crippen LogP contribution in [0.5, 0.6) is 0 Å². The highest BCUT2D eigenvalue weighted by Gasteiger charge is 2.35. The Morgan fingerprint density at radius 1 is 1.60 bits per heavy atom. The zero-order valence-electron chi connectivity index (χ0n) is 8.66. The Kier molecular flexibility index (Phi) is 3.88. The summed E-state index contributed by atoms with van der Waals surface area (Å²) in [5, 5.41) is 9.31. The molecule has 1 N–H and O–H groups in total. The number of rotatable bonds is 3. The van der Waals surface area contributed by atoms with Crippen molar-refractivity contribution in [3.05, 3.63) is 34.3 Å². The summed E-state index contributed by atoms with van der Waals surface area (Å²) in [5.41, 5.74) is -0.273. The van der Waals surface area contributed by atoms with Crippen LogP contribution in [0.25, 0.3) is 0 Å². The summed E-state index contributed by atoms with van der Waals surface area (Å²) < 4.78 is 5.55. The first-order chi connectivity index (χ1) is 7.04. The molecule has 0 saturated heterocycles. The fourth-order valence-electron chi connectivity index (χ4n) is 1.33. The van der Waals surface area contributed by atoms with Gasteiger partial charge in [-0.2, -0.15) is 0 Å². The molecule has 0 aliphatic carbocycles. The molecule has 0 bridgehead atoms. The van der Waals surface area contributed by atoms with Crippen molar-refractivity contribution in [1.82, 2.24) is 0 Å². The number of hydrogen-bond acceptors (Lipinski definition) is 3. The molecule has 0 aliphatic rings. The maximum Gasteiger partial charge on any atom is 0.318 e. The highest BCUT2D eigenvalue weighted by atomic mass is 79.9. The summed E-state index contributed by atoms with van der Waals surface area (Å²) in [4.78, 5) is 11.6. The number of aliphatic hydroxyl groups is 1. The second-order valence-corrected chi connectivity index (χ2v) is 4.41. The van der Waals surface area contributed by atoms with Crippen molar-refractivity contribution in [1.29, 1.82) is 0 Å². The van der Waals surface area contributed by atoms with Gasteiger partial charge in [-0.3, -0.25) is 4.79 Å². The smallest absolute Gasteiger partial charge is 0.318 e. The predicted octanol–water partition coefficient (Wildman–Crippen LogP) is 1.87. The Bertz CT molecular complexity index is 365. The second-order valence-electron chi connectivity index (χ2n) is 3.49. The Balaban J connectivity index is 3.16. The topological polar surface area (TPSA) is 46.5 Å². The highest BCUT2D eigenvalue weighted by Crippen LogP contribution is 2.27. The predicted molar refractivity (Wildman–Crippen MR) is 60.6 cm³/mol. The van der Waals surface area contributed by atoms with E-state index in [1.54, 1.807) is 19.1 Å². The van der Waals surface area contributed by atoms with E-state index in [4.69, 9.17) is 0 Å². The van der Waals surface area contributed by atoms with Crippen LogP contribution in [-0.2, 0) is 14.9 Å². The summed E-state index contributed by atoms with van der Waals surface area (Å²) in [6.07, 6.45) is 0. The standard InChI is InChI=1S/C11H13BrO3/c1-11(7-13,10(14)15-2)8-4-3-5-9(12)6-8/h3-6,13H,7H2,1-2H3. The Labute approximate surface area is 97.2 Å². The van der Waals surface area contributed by atoms with Gasteiger partial charge in [0.05, 0.1) is 13.7 Å². The molecule has 15 heavy (non-hydrogen) atoms. The summed E-state index contributed by atoms with van der Waals surface area (Å²) in [6.45, 7) is 1.37. The summed E-state index contributed by atoms with van der Waals surface area (Å²) >= 11 is 3.32. The molecule has 0 aromatic heterocycles. The van der Waals surface area contributed by atoms with Crippen LogP contribution in [0, 0.1) is 0 Å². The quantitative estimate of drug-likeness (QED) is 0.855. The summed E-state index contributed by atoms with van der Waals surface area (Å²) in [6, 6.07) is 7.26. The number of methoxy groups -OCH3 is 1. The number of hydrogen-bond donors (Lipinski definition) is 1. The van der Waals surface area contributed by atoms with Gasteiger partial charge in [0.25, 0.3) is 0 Å². The maximum atomic E-state index is 11.6. The summed E-state index contributed by atoms with van der Waals surface area (Å²) in [5.74, 6) is -0.442. The Morgan fingerprint density at radius 3 is 2.73 bits per heavy atom. The number of halogens is 1. The van der Waals surface area contributed by atoms with Crippen molar-refractivity contribution in [2.75, 3.05) is 13.7 Å². The van der Waals surface area contributed by atoms with Gasteiger partial charge in [0, 0.05) is 4.47 Å². The van der Waals surface area contributed by atoms with Crippen molar-refractivity contribution in [2.45, 2.75) is 12.3 Å². The van der Waals surface area contributed by atoms with Crippen LogP contribution >= 0.6 is 15.9 Å². The van der Waals surface area contributed by atoms with Crippen LogP contribution in [0.1, 0.15) is 12.5 Å². The molecule has 0 spiro atoms. The molecule has 0 saturated carbocycles. The van der Waals surface area contributed by atoms with Gasteiger partial charge in [-0.1, -0.05) is 28.1 Å². The van der Waals surface area contributed by atoms with Crippen LogP contribution in [-0.4, -0.2) is 24.8 Å². The van der Waals surface area contributed by atoms with Crippen LogP contribution in [0.15, 0.2) is 28.7 Å². The molecular weight excluding hydrogens is 260 g/mol. The van der Waals surface area contributed by atoms with Crippen LogP contribution in [0.2, 0.25) is 0 Å². The largest absolute Gasteiger partial charge is 0.468 e. The van der Waals surface area contributed by atoms with Crippen molar-refractivity contribution < 1.29 is 14.6 Å². The maximum absolute atomic E-state index is 11.6. The minimum absolute atomic E-state index is 0.282. The third-order valence-corrected chi connectivity index (χ3v) is 2.91. The molecule has 1 aromatic rings. The zero-order valence-corrected chi connectivity index (χ0v) is 10.2. The van der Waals surface area contributed by atoms with E-state index in [1.165, 1.54) is 7.11 Å². The van der Waals surface area contributed by atoms with Gasteiger partial charge in [-0.15, -0.1) is 0 Å². The average Bonchev–Trinajstić information content (AvgIpc) is 2.26. The number of benzene rings is 1. The molecule has 1 atom stereocenters. The first-order valence-electron chi connectivity index (χ1n) is 4.50. The average molecular weight is 273 g/mol. The fraction of sp³-hybridized carbons (Fsp3) is 0.364. The molecule has 3 nitrogen and oxygen atoms in total. The fourth-order valence-corrected chi connectivity index (χ4v) is 1.73. The van der Waals surface area contributed by atoms with Crippen molar-refractivity contribution in [3.63, 3.8) is 0 Å². The van der Waals surface area contributed by atoms with Gasteiger partial charge >= 0.3 is 5.97 Å². The molecule has 1 rings (SSSR count). The van der Waals surface area contributed by atoms with Gasteiger partial charge in [0.2, 0.25) is 0 Å².